The van der Waals surface area contributed by atoms with Crippen molar-refractivity contribution in [1.29, 1.82) is 0 Å². The number of methoxy groups -OCH3 is 1. The molecule has 19 heavy (non-hydrogen) atoms. The van der Waals surface area contributed by atoms with Crippen LogP contribution in [0.5, 0.6) is 0 Å². The van der Waals surface area contributed by atoms with Crippen LogP contribution in [0, 0.1) is 5.41 Å². The quantitative estimate of drug-likeness (QED) is 0.246. The fraction of sp³-hybridized carbons (Fsp3) is 0.833. The maximum Gasteiger partial charge on any atom is 0.320 e. The Kier molecular flexibility index (Phi) is 6.94. The van der Waals surface area contributed by atoms with E-state index in [0.717, 1.165) is 0 Å². The van der Waals surface area contributed by atoms with Gasteiger partial charge in [-0.1, -0.05) is 34.1 Å². The van der Waals surface area contributed by atoms with Crippen molar-refractivity contribution < 1.29 is 14.3 Å². The van der Waals surface area contributed by atoms with Gasteiger partial charge in [-0.05, 0) is 17.1 Å². The fourth-order valence-corrected chi connectivity index (χ4v) is 2.65. The lowest BCUT2D eigenvalue weighted by Gasteiger charge is -2.30. The molecule has 0 saturated carbocycles. The summed E-state index contributed by atoms with van der Waals surface area (Å²) >= 11 is 1.47. The van der Waals surface area contributed by atoms with Crippen LogP contribution >= 0.6 is 11.8 Å². The van der Waals surface area contributed by atoms with E-state index >= 15 is 0 Å². The van der Waals surface area contributed by atoms with Crippen LogP contribution in [0.3, 0.4) is 0 Å². The summed E-state index contributed by atoms with van der Waals surface area (Å²) in [5.41, 5.74) is 7.05. The number of rotatable bonds is 6. The molecule has 1 unspecified atom stereocenters. The second kappa shape index (κ2) is 7.40. The third kappa shape index (κ3) is 5.12. The first-order chi connectivity index (χ1) is 8.73. The predicted molar refractivity (Wildman–Crippen MR) is 75.7 cm³/mol. The first kappa shape index (κ1) is 17.8. The molecular weight excluding hydrogens is 266 g/mol. The predicted octanol–water partition coefficient (Wildman–Crippen LogP) is 3.31. The summed E-state index contributed by atoms with van der Waals surface area (Å²) in [5.74, 6) is -1.15. The summed E-state index contributed by atoms with van der Waals surface area (Å²) in [6, 6.07) is 0. The van der Waals surface area contributed by atoms with E-state index in [1.165, 1.54) is 18.9 Å². The summed E-state index contributed by atoms with van der Waals surface area (Å²) in [4.78, 5) is 26.6. The van der Waals surface area contributed by atoms with Crippen molar-refractivity contribution in [2.24, 2.45) is 10.5 Å². The average Bonchev–Trinajstić information content (AvgIpc) is 2.32. The number of carbonyl (C=O) groups is 2. The van der Waals surface area contributed by atoms with Crippen molar-refractivity contribution in [2.45, 2.75) is 45.3 Å². The first-order valence-electron chi connectivity index (χ1n) is 6.05. The zero-order valence-corrected chi connectivity index (χ0v) is 12.9. The van der Waals surface area contributed by atoms with Crippen molar-refractivity contribution in [3.8, 4) is 0 Å². The molecule has 0 aliphatic heterocycles. The van der Waals surface area contributed by atoms with E-state index in [0.29, 0.717) is 12.8 Å². The Bertz CT molecular complexity index is 386. The van der Waals surface area contributed by atoms with Gasteiger partial charge in [-0.2, -0.15) is 11.8 Å². The molecule has 7 heteroatoms. The van der Waals surface area contributed by atoms with E-state index < -0.39 is 17.3 Å². The van der Waals surface area contributed by atoms with Crippen LogP contribution in [0.2, 0.25) is 0 Å². The van der Waals surface area contributed by atoms with Gasteiger partial charge < -0.3 is 4.74 Å². The van der Waals surface area contributed by atoms with Crippen LogP contribution in [0.15, 0.2) is 5.11 Å². The Morgan fingerprint density at radius 3 is 2.32 bits per heavy atom. The van der Waals surface area contributed by atoms with Gasteiger partial charge in [0.15, 0.2) is 0 Å². The standard InChI is InChI=1S/C12H21N3O3S/c1-6-7-12(10(17)18-5,9(16)14-15-13)8-19-11(2,3)4/h6-8H2,1-5H3. The maximum absolute atomic E-state index is 12.0. The molecule has 0 aromatic rings. The number of azide groups is 1. The SMILES string of the molecule is CCCC(CSC(C)(C)C)(C(=O)N=[N+]=[N-])C(=O)OC. The number of hydrogen-bond donors (Lipinski definition) is 0. The molecule has 0 rings (SSSR count). The van der Waals surface area contributed by atoms with E-state index in [-0.39, 0.29) is 10.5 Å². The van der Waals surface area contributed by atoms with E-state index in [1.54, 1.807) is 0 Å². The Hall–Kier alpha value is -1.20. The first-order valence-corrected chi connectivity index (χ1v) is 7.04. The van der Waals surface area contributed by atoms with Gasteiger partial charge in [0.2, 0.25) is 5.91 Å². The molecule has 0 N–H and O–H groups in total. The Labute approximate surface area is 117 Å². The van der Waals surface area contributed by atoms with E-state index in [4.69, 9.17) is 10.3 Å². The normalized spacial score (nSPS) is 14.2. The van der Waals surface area contributed by atoms with Crippen molar-refractivity contribution in [2.75, 3.05) is 12.9 Å². The smallest absolute Gasteiger partial charge is 0.320 e. The topological polar surface area (TPSA) is 92.1 Å². The van der Waals surface area contributed by atoms with Crippen molar-refractivity contribution in [3.63, 3.8) is 0 Å². The molecule has 0 fully saturated rings. The largest absolute Gasteiger partial charge is 0.468 e. The molecule has 0 spiro atoms. The molecule has 0 heterocycles. The molecule has 0 radical (unpaired) electrons. The number of ether oxygens (including phenoxy) is 1. The van der Waals surface area contributed by atoms with Gasteiger partial charge in [0.1, 0.15) is 5.41 Å². The summed E-state index contributed by atoms with van der Waals surface area (Å²) in [7, 11) is 1.23. The van der Waals surface area contributed by atoms with Gasteiger partial charge in [-0.15, -0.1) is 0 Å². The lowest BCUT2D eigenvalue weighted by molar-refractivity contribution is -0.156. The molecule has 1 atom stereocenters. The lowest BCUT2D eigenvalue weighted by Crippen LogP contribution is -2.42. The van der Waals surface area contributed by atoms with Gasteiger partial charge in [-0.3, -0.25) is 9.59 Å². The minimum atomic E-state index is -1.38. The highest BCUT2D eigenvalue weighted by atomic mass is 32.2. The highest BCUT2D eigenvalue weighted by molar-refractivity contribution is 8.00. The van der Waals surface area contributed by atoms with Gasteiger partial charge in [0.05, 0.1) is 7.11 Å². The van der Waals surface area contributed by atoms with Crippen LogP contribution < -0.4 is 0 Å². The minimum Gasteiger partial charge on any atom is -0.468 e. The lowest BCUT2D eigenvalue weighted by atomic mass is 9.84. The molecule has 0 aromatic heterocycles. The zero-order chi connectivity index (χ0) is 15.1. The van der Waals surface area contributed by atoms with Crippen molar-refractivity contribution >= 4 is 23.6 Å². The molecule has 0 saturated heterocycles. The van der Waals surface area contributed by atoms with Gasteiger partial charge in [0.25, 0.3) is 0 Å². The second-order valence-electron chi connectivity index (χ2n) is 5.22. The second-order valence-corrected chi connectivity index (χ2v) is 7.02. The summed E-state index contributed by atoms with van der Waals surface area (Å²) in [6.07, 6.45) is 0.924. The van der Waals surface area contributed by atoms with E-state index in [9.17, 15) is 9.59 Å². The molecule has 108 valence electrons. The van der Waals surface area contributed by atoms with Crippen LogP contribution in [-0.4, -0.2) is 29.5 Å². The van der Waals surface area contributed by atoms with Crippen molar-refractivity contribution in [3.05, 3.63) is 10.4 Å². The number of esters is 1. The van der Waals surface area contributed by atoms with Crippen LogP contribution in [0.25, 0.3) is 10.4 Å². The van der Waals surface area contributed by atoms with E-state index in [2.05, 4.69) is 10.0 Å². The Morgan fingerprint density at radius 1 is 1.37 bits per heavy atom. The number of thioether (sulfide) groups is 1. The van der Waals surface area contributed by atoms with Crippen molar-refractivity contribution in [1.82, 2.24) is 0 Å². The Morgan fingerprint density at radius 2 is 1.95 bits per heavy atom. The molecule has 1 amide bonds. The third-order valence-corrected chi connectivity index (χ3v) is 4.05. The van der Waals surface area contributed by atoms with Crippen LogP contribution in [0.1, 0.15) is 40.5 Å². The van der Waals surface area contributed by atoms with Crippen LogP contribution in [-0.2, 0) is 14.3 Å². The number of amides is 1. The summed E-state index contributed by atoms with van der Waals surface area (Å²) in [5, 5.41) is 3.11. The number of nitrogens with zero attached hydrogens (tertiary/aromatic N) is 3. The number of carbonyl (C=O) groups excluding carboxylic acids is 2. The van der Waals surface area contributed by atoms with Gasteiger partial charge >= 0.3 is 5.97 Å². The fourth-order valence-electron chi connectivity index (χ4n) is 1.59. The Balaban J connectivity index is 5.43. The van der Waals surface area contributed by atoms with Crippen LogP contribution in [0.4, 0.5) is 0 Å². The highest BCUT2D eigenvalue weighted by Crippen LogP contribution is 2.36. The molecule has 0 bridgehead atoms. The van der Waals surface area contributed by atoms with Gasteiger partial charge in [-0.25, -0.2) is 0 Å². The molecule has 0 aliphatic rings. The highest BCUT2D eigenvalue weighted by Gasteiger charge is 2.46. The monoisotopic (exact) mass is 287 g/mol. The molecule has 0 aliphatic carbocycles. The molecule has 6 nitrogen and oxygen atoms in total. The molecular formula is C12H21N3O3S. The minimum absolute atomic E-state index is 0.107. The molecule has 0 aromatic carbocycles. The maximum atomic E-state index is 12.0. The van der Waals surface area contributed by atoms with Gasteiger partial charge in [0, 0.05) is 15.4 Å². The number of hydrogen-bond acceptors (Lipinski definition) is 4. The van der Waals surface area contributed by atoms with E-state index in [1.807, 2.05) is 27.7 Å². The average molecular weight is 287 g/mol. The summed E-state index contributed by atoms with van der Waals surface area (Å²) in [6.45, 7) is 7.83. The third-order valence-electron chi connectivity index (χ3n) is 2.55. The zero-order valence-electron chi connectivity index (χ0n) is 12.1. The summed E-state index contributed by atoms with van der Waals surface area (Å²) < 4.78 is 4.64.